The number of anilines is 1. The topological polar surface area (TPSA) is 115 Å². The average molecular weight is 366 g/mol. The van der Waals surface area contributed by atoms with E-state index in [0.717, 1.165) is 5.56 Å². The van der Waals surface area contributed by atoms with Gasteiger partial charge in [0.25, 0.3) is 11.6 Å². The Morgan fingerprint density at radius 3 is 2.59 bits per heavy atom. The van der Waals surface area contributed by atoms with Gasteiger partial charge < -0.3 is 10.6 Å². The molecule has 0 saturated heterocycles. The number of nitrogens with zero attached hydrogens (tertiary/aromatic N) is 4. The summed E-state index contributed by atoms with van der Waals surface area (Å²) in [4.78, 5) is 22.6. The summed E-state index contributed by atoms with van der Waals surface area (Å²) in [7, 11) is 0. The highest BCUT2D eigenvalue weighted by molar-refractivity contribution is 5.91. The molecule has 0 atom stereocenters. The number of nitro benzene ring substituents is 1. The molecule has 27 heavy (non-hydrogen) atoms. The lowest BCUT2D eigenvalue weighted by atomic mass is 10.2. The first-order chi connectivity index (χ1) is 13.1. The zero-order valence-corrected chi connectivity index (χ0v) is 14.4. The molecular weight excluding hydrogens is 348 g/mol. The third kappa shape index (κ3) is 4.88. The minimum absolute atomic E-state index is 0.00678. The molecule has 9 heteroatoms. The van der Waals surface area contributed by atoms with Crippen molar-refractivity contribution in [2.24, 2.45) is 0 Å². The molecule has 0 bridgehead atoms. The lowest BCUT2D eigenvalue weighted by molar-refractivity contribution is -0.384. The Hall–Kier alpha value is -3.75. The van der Waals surface area contributed by atoms with Crippen LogP contribution in [-0.2, 0) is 6.54 Å². The van der Waals surface area contributed by atoms with Crippen molar-refractivity contribution >= 4 is 17.3 Å². The molecule has 1 aromatic heterocycles. The highest BCUT2D eigenvalue weighted by Gasteiger charge is 2.13. The molecule has 9 nitrogen and oxygen atoms in total. The van der Waals surface area contributed by atoms with Crippen molar-refractivity contribution in [2.45, 2.75) is 6.54 Å². The molecular formula is C18H18N6O3. The van der Waals surface area contributed by atoms with Crippen LogP contribution in [-0.4, -0.2) is 38.9 Å². The molecule has 0 fully saturated rings. The van der Waals surface area contributed by atoms with Crippen LogP contribution in [0.1, 0.15) is 16.1 Å². The standard InChI is InChI=1S/C18H18N6O3/c25-18(16-13-23(22-21-16)12-14-6-2-1-3-7-14)20-11-10-19-15-8-4-5-9-17(15)24(26)27/h1-9,13,19H,10-12H2,(H,20,25). The molecule has 2 aromatic carbocycles. The van der Waals surface area contributed by atoms with Crippen LogP contribution in [0.3, 0.4) is 0 Å². The van der Waals surface area contributed by atoms with Crippen LogP contribution in [0.2, 0.25) is 0 Å². The van der Waals surface area contributed by atoms with Gasteiger partial charge in [0.1, 0.15) is 5.69 Å². The molecule has 0 radical (unpaired) electrons. The van der Waals surface area contributed by atoms with E-state index in [2.05, 4.69) is 20.9 Å². The Labute approximate surface area is 155 Å². The number of amides is 1. The van der Waals surface area contributed by atoms with Crippen molar-refractivity contribution in [3.8, 4) is 0 Å². The summed E-state index contributed by atoms with van der Waals surface area (Å²) in [6.45, 7) is 1.16. The SMILES string of the molecule is O=C(NCCNc1ccccc1[N+](=O)[O-])c1cn(Cc2ccccc2)nn1. The van der Waals surface area contributed by atoms with E-state index in [1.165, 1.54) is 6.07 Å². The van der Waals surface area contributed by atoms with Gasteiger partial charge in [-0.3, -0.25) is 14.9 Å². The second-order valence-corrected chi connectivity index (χ2v) is 5.74. The second-order valence-electron chi connectivity index (χ2n) is 5.74. The average Bonchev–Trinajstić information content (AvgIpc) is 3.14. The number of carbonyl (C=O) groups is 1. The summed E-state index contributed by atoms with van der Waals surface area (Å²) in [5.41, 5.74) is 1.68. The first-order valence-electron chi connectivity index (χ1n) is 8.33. The summed E-state index contributed by atoms with van der Waals surface area (Å²) in [5.74, 6) is -0.348. The molecule has 0 aliphatic carbocycles. The Bertz CT molecular complexity index is 926. The molecule has 0 aliphatic heterocycles. The third-order valence-electron chi connectivity index (χ3n) is 3.79. The van der Waals surface area contributed by atoms with Crippen molar-refractivity contribution in [3.63, 3.8) is 0 Å². The van der Waals surface area contributed by atoms with E-state index in [-0.39, 0.29) is 23.8 Å². The summed E-state index contributed by atoms with van der Waals surface area (Å²) in [6, 6.07) is 16.1. The van der Waals surface area contributed by atoms with Gasteiger partial charge in [0.15, 0.2) is 5.69 Å². The van der Waals surface area contributed by atoms with Crippen molar-refractivity contribution in [3.05, 3.63) is 82.2 Å². The minimum Gasteiger partial charge on any atom is -0.378 e. The van der Waals surface area contributed by atoms with Gasteiger partial charge in [-0.2, -0.15) is 0 Å². The van der Waals surface area contributed by atoms with Crippen molar-refractivity contribution in [1.82, 2.24) is 20.3 Å². The highest BCUT2D eigenvalue weighted by atomic mass is 16.6. The number of carbonyl (C=O) groups excluding carboxylic acids is 1. The fraction of sp³-hybridized carbons (Fsp3) is 0.167. The molecule has 3 rings (SSSR count). The smallest absolute Gasteiger partial charge is 0.292 e. The Morgan fingerprint density at radius 1 is 1.07 bits per heavy atom. The van der Waals surface area contributed by atoms with E-state index >= 15 is 0 Å². The summed E-state index contributed by atoms with van der Waals surface area (Å²) < 4.78 is 1.59. The van der Waals surface area contributed by atoms with Gasteiger partial charge in [-0.1, -0.05) is 47.7 Å². The van der Waals surface area contributed by atoms with E-state index in [1.54, 1.807) is 29.1 Å². The molecule has 2 N–H and O–H groups in total. The Morgan fingerprint density at radius 2 is 1.81 bits per heavy atom. The van der Waals surface area contributed by atoms with Gasteiger partial charge in [-0.05, 0) is 11.6 Å². The zero-order chi connectivity index (χ0) is 19.1. The second kappa shape index (κ2) is 8.56. The molecule has 0 aliphatic rings. The maximum absolute atomic E-state index is 12.1. The van der Waals surface area contributed by atoms with Crippen LogP contribution in [0.25, 0.3) is 0 Å². The first-order valence-corrected chi connectivity index (χ1v) is 8.33. The minimum atomic E-state index is -0.452. The highest BCUT2D eigenvalue weighted by Crippen LogP contribution is 2.22. The van der Waals surface area contributed by atoms with Crippen molar-refractivity contribution < 1.29 is 9.72 Å². The van der Waals surface area contributed by atoms with Crippen LogP contribution in [0.5, 0.6) is 0 Å². The van der Waals surface area contributed by atoms with Gasteiger partial charge in [-0.15, -0.1) is 5.10 Å². The van der Waals surface area contributed by atoms with Crippen LogP contribution < -0.4 is 10.6 Å². The van der Waals surface area contributed by atoms with Crippen LogP contribution >= 0.6 is 0 Å². The van der Waals surface area contributed by atoms with E-state index in [4.69, 9.17) is 0 Å². The Balaban J connectivity index is 1.48. The summed E-state index contributed by atoms with van der Waals surface area (Å²) >= 11 is 0. The molecule has 3 aromatic rings. The number of hydrogen-bond acceptors (Lipinski definition) is 6. The summed E-state index contributed by atoms with van der Waals surface area (Å²) in [5, 5.41) is 24.4. The number of benzene rings is 2. The maximum Gasteiger partial charge on any atom is 0.292 e. The number of nitrogens with one attached hydrogen (secondary N) is 2. The van der Waals surface area contributed by atoms with E-state index in [0.29, 0.717) is 18.8 Å². The molecule has 1 amide bonds. The third-order valence-corrected chi connectivity index (χ3v) is 3.79. The van der Waals surface area contributed by atoms with Gasteiger partial charge in [0.2, 0.25) is 0 Å². The number of aromatic nitrogens is 3. The van der Waals surface area contributed by atoms with Gasteiger partial charge in [-0.25, -0.2) is 4.68 Å². The van der Waals surface area contributed by atoms with Crippen molar-refractivity contribution in [1.29, 1.82) is 0 Å². The normalized spacial score (nSPS) is 10.4. The van der Waals surface area contributed by atoms with Crippen LogP contribution in [0, 0.1) is 10.1 Å². The first kappa shape index (κ1) is 18.1. The van der Waals surface area contributed by atoms with E-state index in [1.807, 2.05) is 30.3 Å². The molecule has 0 unspecified atom stereocenters. The zero-order valence-electron chi connectivity index (χ0n) is 14.4. The fourth-order valence-corrected chi connectivity index (χ4v) is 2.50. The number of rotatable bonds is 8. The predicted octanol–water partition coefficient (Wildman–Crippen LogP) is 2.08. The monoisotopic (exact) mass is 366 g/mol. The maximum atomic E-state index is 12.1. The predicted molar refractivity (Wildman–Crippen MR) is 99.5 cm³/mol. The van der Waals surface area contributed by atoms with E-state index in [9.17, 15) is 14.9 Å². The van der Waals surface area contributed by atoms with Gasteiger partial charge >= 0.3 is 0 Å². The van der Waals surface area contributed by atoms with Crippen LogP contribution in [0.15, 0.2) is 60.8 Å². The van der Waals surface area contributed by atoms with Gasteiger partial charge in [0.05, 0.1) is 17.7 Å². The van der Waals surface area contributed by atoms with Crippen LogP contribution in [0.4, 0.5) is 11.4 Å². The quantitative estimate of drug-likeness (QED) is 0.358. The fourth-order valence-electron chi connectivity index (χ4n) is 2.50. The van der Waals surface area contributed by atoms with Gasteiger partial charge in [0, 0.05) is 19.2 Å². The lowest BCUT2D eigenvalue weighted by Crippen LogP contribution is -2.29. The number of hydrogen-bond donors (Lipinski definition) is 2. The molecule has 1 heterocycles. The molecule has 138 valence electrons. The molecule has 0 spiro atoms. The number of nitro groups is 1. The lowest BCUT2D eigenvalue weighted by Gasteiger charge is -2.07. The summed E-state index contributed by atoms with van der Waals surface area (Å²) in [6.07, 6.45) is 1.58. The molecule has 0 saturated carbocycles. The largest absolute Gasteiger partial charge is 0.378 e. The van der Waals surface area contributed by atoms with E-state index < -0.39 is 4.92 Å². The van der Waals surface area contributed by atoms with Crippen molar-refractivity contribution in [2.75, 3.05) is 18.4 Å². The Kier molecular flexibility index (Phi) is 5.73. The number of para-hydroxylation sites is 2.